The van der Waals surface area contributed by atoms with Crippen molar-refractivity contribution in [2.45, 2.75) is 13.0 Å². The van der Waals surface area contributed by atoms with Gasteiger partial charge in [-0.05, 0) is 36.8 Å². The Labute approximate surface area is 189 Å². The zero-order chi connectivity index (χ0) is 22.8. The highest BCUT2D eigenvalue weighted by Gasteiger charge is 2.25. The molecule has 0 spiro atoms. The van der Waals surface area contributed by atoms with Gasteiger partial charge >= 0.3 is 0 Å². The molecule has 2 heterocycles. The van der Waals surface area contributed by atoms with Gasteiger partial charge in [0.15, 0.2) is 11.5 Å². The van der Waals surface area contributed by atoms with Crippen LogP contribution in [0.5, 0.6) is 11.5 Å². The van der Waals surface area contributed by atoms with Crippen molar-refractivity contribution in [2.24, 2.45) is 0 Å². The normalized spacial score (nSPS) is 16.0. The van der Waals surface area contributed by atoms with Crippen molar-refractivity contribution in [1.82, 2.24) is 10.3 Å². The van der Waals surface area contributed by atoms with E-state index in [1.54, 1.807) is 14.2 Å². The van der Waals surface area contributed by atoms with Gasteiger partial charge in [0.25, 0.3) is 0 Å². The van der Waals surface area contributed by atoms with Gasteiger partial charge in [-0.2, -0.15) is 5.26 Å². The van der Waals surface area contributed by atoms with Crippen LogP contribution in [0.2, 0.25) is 0 Å². The average Bonchev–Trinajstić information content (AvgIpc) is 2.82. The molecule has 1 N–H and O–H groups in total. The second-order valence-corrected chi connectivity index (χ2v) is 8.20. The van der Waals surface area contributed by atoms with Crippen LogP contribution >= 0.6 is 0 Å². The van der Waals surface area contributed by atoms with Crippen molar-refractivity contribution >= 4 is 22.3 Å². The summed E-state index contributed by atoms with van der Waals surface area (Å²) in [7, 11) is 7.31. The molecule has 1 aliphatic rings. The van der Waals surface area contributed by atoms with Gasteiger partial charge < -0.3 is 24.6 Å². The molecular weight excluding hydrogens is 402 g/mol. The average molecular weight is 432 g/mol. The Kier molecular flexibility index (Phi) is 6.06. The first-order valence-corrected chi connectivity index (χ1v) is 10.7. The lowest BCUT2D eigenvalue weighted by molar-refractivity contribution is 0.356. The van der Waals surface area contributed by atoms with Gasteiger partial charge in [0.05, 0.1) is 25.5 Å². The number of benzene rings is 2. The fourth-order valence-corrected chi connectivity index (χ4v) is 4.29. The van der Waals surface area contributed by atoms with E-state index in [1.165, 1.54) is 11.3 Å². The third-order valence-corrected chi connectivity index (χ3v) is 6.07. The van der Waals surface area contributed by atoms with Crippen LogP contribution in [0.15, 0.2) is 36.4 Å². The first kappa shape index (κ1) is 21.7. The number of ether oxygens (including phenoxy) is 2. The first-order chi connectivity index (χ1) is 15.5. The summed E-state index contributed by atoms with van der Waals surface area (Å²) in [4.78, 5) is 9.26. The largest absolute Gasteiger partial charge is 0.493 e. The molecule has 0 radical (unpaired) electrons. The number of piperazine rings is 1. The van der Waals surface area contributed by atoms with Gasteiger partial charge in [-0.15, -0.1) is 0 Å². The molecule has 32 heavy (non-hydrogen) atoms. The number of hydrogen-bond donors (Lipinski definition) is 1. The minimum atomic E-state index is 0.188. The number of aromatic nitrogens is 1. The summed E-state index contributed by atoms with van der Waals surface area (Å²) in [6.45, 7) is 4.34. The summed E-state index contributed by atoms with van der Waals surface area (Å²) in [6, 6.07) is 15.0. The molecule has 4 rings (SSSR count). The molecule has 1 aromatic heterocycles. The molecule has 3 aromatic rings. The number of pyridine rings is 1. The van der Waals surface area contributed by atoms with Crippen LogP contribution in [0.1, 0.15) is 22.9 Å². The molecule has 0 aliphatic carbocycles. The Bertz CT molecular complexity index is 1170. The minimum absolute atomic E-state index is 0.188. The van der Waals surface area contributed by atoms with Gasteiger partial charge in [0, 0.05) is 56.2 Å². The topological polar surface area (TPSA) is 73.7 Å². The monoisotopic (exact) mass is 431 g/mol. The predicted octanol–water partition coefficient (Wildman–Crippen LogP) is 3.65. The van der Waals surface area contributed by atoms with E-state index in [-0.39, 0.29) is 6.04 Å². The molecule has 1 fully saturated rings. The number of hydrogen-bond acceptors (Lipinski definition) is 7. The van der Waals surface area contributed by atoms with Crippen LogP contribution < -0.4 is 24.6 Å². The van der Waals surface area contributed by atoms with Crippen molar-refractivity contribution in [3.63, 3.8) is 0 Å². The van der Waals surface area contributed by atoms with Crippen LogP contribution in [0, 0.1) is 18.3 Å². The van der Waals surface area contributed by atoms with Crippen LogP contribution in [0.4, 0.5) is 11.5 Å². The third-order valence-electron chi connectivity index (χ3n) is 6.07. The third kappa shape index (κ3) is 3.90. The molecule has 166 valence electrons. The van der Waals surface area contributed by atoms with Gasteiger partial charge in [0.2, 0.25) is 0 Å². The van der Waals surface area contributed by atoms with E-state index < -0.39 is 0 Å². The zero-order valence-electron chi connectivity index (χ0n) is 19.3. The smallest absolute Gasteiger partial charge is 0.161 e. The van der Waals surface area contributed by atoms with E-state index in [2.05, 4.69) is 45.5 Å². The lowest BCUT2D eigenvalue weighted by atomic mass is 10.0. The Morgan fingerprint density at radius 2 is 1.75 bits per heavy atom. The fourth-order valence-electron chi connectivity index (χ4n) is 4.29. The number of aryl methyl sites for hydroxylation is 1. The van der Waals surface area contributed by atoms with Crippen molar-refractivity contribution in [3.05, 3.63) is 53.2 Å². The Morgan fingerprint density at radius 1 is 1.09 bits per heavy atom. The molecule has 1 aliphatic heterocycles. The highest BCUT2D eigenvalue weighted by molar-refractivity contribution is 5.98. The van der Waals surface area contributed by atoms with Crippen LogP contribution in [0.25, 0.3) is 10.8 Å². The molecule has 1 unspecified atom stereocenters. The Morgan fingerprint density at radius 3 is 2.34 bits per heavy atom. The van der Waals surface area contributed by atoms with Gasteiger partial charge in [-0.25, -0.2) is 4.98 Å². The van der Waals surface area contributed by atoms with E-state index in [0.717, 1.165) is 36.2 Å². The maximum Gasteiger partial charge on any atom is 0.161 e. The second kappa shape index (κ2) is 8.93. The van der Waals surface area contributed by atoms with Crippen molar-refractivity contribution < 1.29 is 9.47 Å². The number of nitrogens with zero attached hydrogens (tertiary/aromatic N) is 4. The molecule has 7 nitrogen and oxygen atoms in total. The molecule has 0 amide bonds. The first-order valence-electron chi connectivity index (χ1n) is 10.7. The Hall–Kier alpha value is -3.50. The van der Waals surface area contributed by atoms with Crippen molar-refractivity contribution in [3.8, 4) is 17.6 Å². The summed E-state index contributed by atoms with van der Waals surface area (Å²) in [5.41, 5.74) is 3.70. The van der Waals surface area contributed by atoms with Crippen molar-refractivity contribution in [2.75, 3.05) is 57.7 Å². The van der Waals surface area contributed by atoms with E-state index >= 15 is 0 Å². The standard InChI is InChI=1S/C25H29N5O2/c1-16-21(14-26)19-12-23(31-4)24(32-5)13-20(19)25(28-16)30-11-10-27-22(15-30)17-6-8-18(9-7-17)29(2)3/h6-9,12-13,22,27H,10-11,15H2,1-5H3. The molecule has 0 bridgehead atoms. The Balaban J connectivity index is 1.76. The van der Waals surface area contributed by atoms with Crippen LogP contribution in [0.3, 0.4) is 0 Å². The fraction of sp³-hybridized carbons (Fsp3) is 0.360. The van der Waals surface area contributed by atoms with E-state index in [9.17, 15) is 5.26 Å². The summed E-state index contributed by atoms with van der Waals surface area (Å²) >= 11 is 0. The lowest BCUT2D eigenvalue weighted by Crippen LogP contribution is -2.46. The van der Waals surface area contributed by atoms with Gasteiger partial charge in [-0.1, -0.05) is 12.1 Å². The van der Waals surface area contributed by atoms with Crippen LogP contribution in [-0.4, -0.2) is 52.9 Å². The number of nitrogens with one attached hydrogen (secondary N) is 1. The SMILES string of the molecule is COc1cc2c(N3CCNC(c4ccc(N(C)C)cc4)C3)nc(C)c(C#N)c2cc1OC. The summed E-state index contributed by atoms with van der Waals surface area (Å²) < 4.78 is 11.0. The number of fused-ring (bicyclic) bond motifs is 1. The summed E-state index contributed by atoms with van der Waals surface area (Å²) in [6.07, 6.45) is 0. The number of anilines is 2. The summed E-state index contributed by atoms with van der Waals surface area (Å²) in [5, 5.41) is 15.1. The maximum atomic E-state index is 9.77. The maximum absolute atomic E-state index is 9.77. The van der Waals surface area contributed by atoms with Crippen molar-refractivity contribution in [1.29, 1.82) is 5.26 Å². The minimum Gasteiger partial charge on any atom is -0.493 e. The van der Waals surface area contributed by atoms with Crippen LogP contribution in [-0.2, 0) is 0 Å². The molecule has 7 heteroatoms. The lowest BCUT2D eigenvalue weighted by Gasteiger charge is -2.36. The highest BCUT2D eigenvalue weighted by Crippen LogP contribution is 2.39. The number of rotatable bonds is 5. The predicted molar refractivity (Wildman–Crippen MR) is 128 cm³/mol. The van der Waals surface area contributed by atoms with Gasteiger partial charge in [0.1, 0.15) is 11.9 Å². The van der Waals surface area contributed by atoms with E-state index in [0.29, 0.717) is 22.8 Å². The molecular formula is C25H29N5O2. The molecule has 1 atom stereocenters. The molecule has 1 saturated heterocycles. The highest BCUT2D eigenvalue weighted by atomic mass is 16.5. The number of nitriles is 1. The summed E-state index contributed by atoms with van der Waals surface area (Å²) in [5.74, 6) is 2.10. The quantitative estimate of drug-likeness (QED) is 0.661. The van der Waals surface area contributed by atoms with E-state index in [1.807, 2.05) is 33.2 Å². The number of methoxy groups -OCH3 is 2. The molecule has 2 aromatic carbocycles. The van der Waals surface area contributed by atoms with Gasteiger partial charge in [-0.3, -0.25) is 0 Å². The second-order valence-electron chi connectivity index (χ2n) is 8.20. The molecule has 0 saturated carbocycles. The van der Waals surface area contributed by atoms with E-state index in [4.69, 9.17) is 14.5 Å². The zero-order valence-corrected chi connectivity index (χ0v) is 19.3.